The third-order valence-corrected chi connectivity index (χ3v) is 4.44. The molecule has 1 heterocycles. The molecule has 1 aliphatic heterocycles. The number of nitrogens with zero attached hydrogens (tertiary/aromatic N) is 1. The Bertz CT molecular complexity index is 433. The molecule has 0 spiro atoms. The summed E-state index contributed by atoms with van der Waals surface area (Å²) in [7, 11) is 0. The van der Waals surface area contributed by atoms with E-state index in [1.165, 1.54) is 51.7 Å². The average Bonchev–Trinajstić information content (AvgIpc) is 2.37. The van der Waals surface area contributed by atoms with Crippen molar-refractivity contribution in [3.63, 3.8) is 0 Å². The fourth-order valence-electron chi connectivity index (χ4n) is 3.67. The van der Waals surface area contributed by atoms with Gasteiger partial charge < -0.3 is 0 Å². The van der Waals surface area contributed by atoms with Crippen LogP contribution in [0.4, 0.5) is 0 Å². The van der Waals surface area contributed by atoms with Gasteiger partial charge in [0, 0.05) is 19.6 Å². The van der Waals surface area contributed by atoms with Gasteiger partial charge in [0.05, 0.1) is 0 Å². The van der Waals surface area contributed by atoms with Crippen LogP contribution in [0.3, 0.4) is 0 Å². The summed E-state index contributed by atoms with van der Waals surface area (Å²) in [5.74, 6) is 0.782. The second kappa shape index (κ2) is 5.05. The van der Waals surface area contributed by atoms with E-state index in [9.17, 15) is 0 Å². The van der Waals surface area contributed by atoms with E-state index in [1.54, 1.807) is 22.3 Å². The first-order valence-corrected chi connectivity index (χ1v) is 7.59. The van der Waals surface area contributed by atoms with Crippen molar-refractivity contribution in [3.8, 4) is 0 Å². The lowest BCUT2D eigenvalue weighted by molar-refractivity contribution is 0.226. The van der Waals surface area contributed by atoms with Crippen LogP contribution in [0, 0.1) is 5.92 Å². The molecule has 3 rings (SSSR count). The van der Waals surface area contributed by atoms with Crippen LogP contribution in [0.25, 0.3) is 0 Å². The number of benzene rings is 1. The molecule has 0 unspecified atom stereocenters. The van der Waals surface area contributed by atoms with E-state index in [1.807, 2.05) is 0 Å². The lowest BCUT2D eigenvalue weighted by Gasteiger charge is -2.33. The molecule has 1 aliphatic carbocycles. The molecule has 0 saturated carbocycles. The van der Waals surface area contributed by atoms with E-state index in [4.69, 9.17) is 0 Å². The Morgan fingerprint density at radius 2 is 1.72 bits per heavy atom. The van der Waals surface area contributed by atoms with E-state index < -0.39 is 0 Å². The minimum atomic E-state index is 0.782. The summed E-state index contributed by atoms with van der Waals surface area (Å²) in [5.41, 5.74) is 6.70. The molecule has 0 N–H and O–H groups in total. The van der Waals surface area contributed by atoms with Gasteiger partial charge in [-0.05, 0) is 60.3 Å². The van der Waals surface area contributed by atoms with Crippen molar-refractivity contribution in [3.05, 3.63) is 34.4 Å². The summed E-state index contributed by atoms with van der Waals surface area (Å²) < 4.78 is 0. The second-order valence-corrected chi connectivity index (χ2v) is 6.43. The van der Waals surface area contributed by atoms with Crippen LogP contribution in [0.2, 0.25) is 0 Å². The SMILES string of the molecule is CC(C)CN1CCc2c(ccc3c2CCCC3)C1. The van der Waals surface area contributed by atoms with Gasteiger partial charge in [-0.1, -0.05) is 26.0 Å². The summed E-state index contributed by atoms with van der Waals surface area (Å²) in [4.78, 5) is 2.63. The quantitative estimate of drug-likeness (QED) is 0.767. The van der Waals surface area contributed by atoms with Crippen LogP contribution in [0.5, 0.6) is 0 Å². The van der Waals surface area contributed by atoms with Gasteiger partial charge in [-0.25, -0.2) is 0 Å². The first-order valence-electron chi connectivity index (χ1n) is 7.59. The maximum absolute atomic E-state index is 2.63. The molecule has 0 aromatic heterocycles. The first-order chi connectivity index (χ1) is 8.74. The predicted octanol–water partition coefficient (Wildman–Crippen LogP) is 3.58. The number of fused-ring (bicyclic) bond motifs is 3. The minimum Gasteiger partial charge on any atom is -0.298 e. The molecule has 0 radical (unpaired) electrons. The van der Waals surface area contributed by atoms with Crippen molar-refractivity contribution < 1.29 is 0 Å². The van der Waals surface area contributed by atoms with Crippen LogP contribution < -0.4 is 0 Å². The molecule has 0 atom stereocenters. The van der Waals surface area contributed by atoms with Gasteiger partial charge in [0.1, 0.15) is 0 Å². The van der Waals surface area contributed by atoms with Gasteiger partial charge in [-0.3, -0.25) is 4.90 Å². The lowest BCUT2D eigenvalue weighted by Crippen LogP contribution is -2.34. The van der Waals surface area contributed by atoms with Crippen LogP contribution in [0.1, 0.15) is 48.9 Å². The topological polar surface area (TPSA) is 3.24 Å². The Hall–Kier alpha value is -0.820. The maximum Gasteiger partial charge on any atom is 0.0236 e. The average molecular weight is 243 g/mol. The number of rotatable bonds is 2. The zero-order valence-electron chi connectivity index (χ0n) is 11.8. The summed E-state index contributed by atoms with van der Waals surface area (Å²) >= 11 is 0. The molecule has 18 heavy (non-hydrogen) atoms. The molecule has 98 valence electrons. The third kappa shape index (κ3) is 2.33. The van der Waals surface area contributed by atoms with Crippen molar-refractivity contribution in [1.82, 2.24) is 4.90 Å². The molecule has 0 fully saturated rings. The van der Waals surface area contributed by atoms with Crippen molar-refractivity contribution in [2.75, 3.05) is 13.1 Å². The Morgan fingerprint density at radius 1 is 1.00 bits per heavy atom. The van der Waals surface area contributed by atoms with Crippen LogP contribution in [0.15, 0.2) is 12.1 Å². The highest BCUT2D eigenvalue weighted by atomic mass is 15.1. The number of hydrogen-bond donors (Lipinski definition) is 0. The Morgan fingerprint density at radius 3 is 2.56 bits per heavy atom. The normalized spacial score (nSPS) is 19.7. The van der Waals surface area contributed by atoms with Crippen molar-refractivity contribution in [2.24, 2.45) is 5.92 Å². The smallest absolute Gasteiger partial charge is 0.0236 e. The van der Waals surface area contributed by atoms with E-state index in [0.717, 1.165) is 5.92 Å². The van der Waals surface area contributed by atoms with Crippen molar-refractivity contribution in [2.45, 2.75) is 52.5 Å². The van der Waals surface area contributed by atoms with Crippen LogP contribution in [-0.4, -0.2) is 18.0 Å². The highest BCUT2D eigenvalue weighted by Gasteiger charge is 2.22. The fraction of sp³-hybridized carbons (Fsp3) is 0.647. The summed E-state index contributed by atoms with van der Waals surface area (Å²) in [6.07, 6.45) is 6.73. The van der Waals surface area contributed by atoms with Crippen LogP contribution in [-0.2, 0) is 25.8 Å². The largest absolute Gasteiger partial charge is 0.298 e. The first kappa shape index (κ1) is 12.2. The Labute approximate surface area is 111 Å². The predicted molar refractivity (Wildman–Crippen MR) is 76.9 cm³/mol. The van der Waals surface area contributed by atoms with Gasteiger partial charge in [0.2, 0.25) is 0 Å². The van der Waals surface area contributed by atoms with Crippen molar-refractivity contribution in [1.29, 1.82) is 0 Å². The number of hydrogen-bond acceptors (Lipinski definition) is 1. The summed E-state index contributed by atoms with van der Waals surface area (Å²) in [5, 5.41) is 0. The zero-order chi connectivity index (χ0) is 12.5. The van der Waals surface area contributed by atoms with Gasteiger partial charge in [-0.15, -0.1) is 0 Å². The molecule has 0 saturated heterocycles. The zero-order valence-corrected chi connectivity index (χ0v) is 11.8. The van der Waals surface area contributed by atoms with Gasteiger partial charge in [-0.2, -0.15) is 0 Å². The monoisotopic (exact) mass is 243 g/mol. The summed E-state index contributed by atoms with van der Waals surface area (Å²) in [6, 6.07) is 4.82. The second-order valence-electron chi connectivity index (χ2n) is 6.43. The van der Waals surface area contributed by atoms with E-state index >= 15 is 0 Å². The van der Waals surface area contributed by atoms with E-state index in [0.29, 0.717) is 0 Å². The van der Waals surface area contributed by atoms with E-state index in [2.05, 4.69) is 30.9 Å². The van der Waals surface area contributed by atoms with E-state index in [-0.39, 0.29) is 0 Å². The Balaban J connectivity index is 1.85. The highest BCUT2D eigenvalue weighted by Crippen LogP contribution is 2.30. The van der Waals surface area contributed by atoms with Crippen LogP contribution >= 0.6 is 0 Å². The molecule has 0 amide bonds. The molecule has 1 nitrogen and oxygen atoms in total. The maximum atomic E-state index is 2.63. The molecule has 1 heteroatoms. The van der Waals surface area contributed by atoms with Crippen molar-refractivity contribution >= 4 is 0 Å². The minimum absolute atomic E-state index is 0.782. The molecule has 1 aromatic carbocycles. The fourth-order valence-corrected chi connectivity index (χ4v) is 3.67. The summed E-state index contributed by atoms with van der Waals surface area (Å²) in [6.45, 7) is 8.34. The molecule has 1 aromatic rings. The van der Waals surface area contributed by atoms with Gasteiger partial charge in [0.15, 0.2) is 0 Å². The van der Waals surface area contributed by atoms with Gasteiger partial charge >= 0.3 is 0 Å². The standard InChI is InChI=1S/C17H25N/c1-13(2)11-18-10-9-17-15(12-18)8-7-14-5-3-4-6-16(14)17/h7-8,13H,3-6,9-12H2,1-2H3. The molecule has 0 bridgehead atoms. The molecule has 2 aliphatic rings. The Kier molecular flexibility index (Phi) is 3.43. The number of aryl methyl sites for hydroxylation is 1. The lowest BCUT2D eigenvalue weighted by atomic mass is 9.83. The highest BCUT2D eigenvalue weighted by molar-refractivity contribution is 5.43. The molecular formula is C17H25N. The molecular weight excluding hydrogens is 218 g/mol. The van der Waals surface area contributed by atoms with Gasteiger partial charge in [0.25, 0.3) is 0 Å². The third-order valence-electron chi connectivity index (χ3n) is 4.44.